The summed E-state index contributed by atoms with van der Waals surface area (Å²) in [7, 11) is -4.53. The Kier molecular flexibility index (Phi) is 7.52. The molecule has 1 aliphatic heterocycles. The van der Waals surface area contributed by atoms with Crippen LogP contribution in [0.25, 0.3) is 0 Å². The lowest BCUT2D eigenvalue weighted by Gasteiger charge is -2.43. The Labute approximate surface area is 245 Å². The number of sulfone groups is 1. The minimum absolute atomic E-state index is 0.0188. The van der Waals surface area contributed by atoms with E-state index in [1.54, 1.807) is 4.90 Å². The number of hydrogen-bond acceptors (Lipinski definition) is 5. The molecule has 236 valence electrons. The van der Waals surface area contributed by atoms with Crippen molar-refractivity contribution in [2.45, 2.75) is 59.5 Å². The van der Waals surface area contributed by atoms with Gasteiger partial charge in [-0.05, 0) is 72.4 Å². The fourth-order valence-corrected chi connectivity index (χ4v) is 8.81. The third kappa shape index (κ3) is 4.71. The Morgan fingerprint density at radius 1 is 0.932 bits per heavy atom. The molecule has 0 saturated carbocycles. The Hall–Kier alpha value is -3.72. The van der Waals surface area contributed by atoms with Crippen molar-refractivity contribution in [2.75, 3.05) is 6.54 Å². The van der Waals surface area contributed by atoms with Gasteiger partial charge in [0.25, 0.3) is 0 Å². The van der Waals surface area contributed by atoms with E-state index in [9.17, 15) is 58.5 Å². The minimum atomic E-state index is -6.36. The number of hydrogen-bond donors (Lipinski definition) is 2. The second kappa shape index (κ2) is 10.4. The number of likely N-dealkylation sites (tertiary alicyclic amines) is 1. The second-order valence-electron chi connectivity index (χ2n) is 10.8. The molecule has 0 unspecified atom stereocenters. The molecular weight excluding hydrogens is 626 g/mol. The molecular formula is C29H23F8NO5S. The van der Waals surface area contributed by atoms with Crippen LogP contribution in [0.5, 0.6) is 5.75 Å². The lowest BCUT2D eigenvalue weighted by atomic mass is 9.76. The molecule has 0 aromatic heterocycles. The molecule has 15 heteroatoms. The van der Waals surface area contributed by atoms with Crippen LogP contribution >= 0.6 is 0 Å². The molecule has 0 radical (unpaired) electrons. The lowest BCUT2D eigenvalue weighted by Crippen LogP contribution is -2.52. The Bertz CT molecular complexity index is 1710. The van der Waals surface area contributed by atoms with Crippen molar-refractivity contribution in [3.63, 3.8) is 0 Å². The third-order valence-electron chi connectivity index (χ3n) is 8.46. The van der Waals surface area contributed by atoms with E-state index >= 15 is 0 Å². The summed E-state index contributed by atoms with van der Waals surface area (Å²) in [6.45, 7) is 0.0305. The largest absolute Gasteiger partial charge is 0.507 e. The molecule has 1 saturated heterocycles. The molecule has 3 aromatic rings. The number of alkyl halides is 7. The highest BCUT2D eigenvalue weighted by molar-refractivity contribution is 7.92. The van der Waals surface area contributed by atoms with Gasteiger partial charge in [0.05, 0.1) is 4.90 Å². The second-order valence-corrected chi connectivity index (χ2v) is 13.0. The van der Waals surface area contributed by atoms with Crippen molar-refractivity contribution in [3.05, 3.63) is 94.3 Å². The Morgan fingerprint density at radius 2 is 1.57 bits per heavy atom. The maximum Gasteiger partial charge on any atom is 0.435 e. The van der Waals surface area contributed by atoms with Crippen LogP contribution in [0.2, 0.25) is 0 Å². The fourth-order valence-electron chi connectivity index (χ4n) is 6.42. The molecule has 0 amide bonds. The van der Waals surface area contributed by atoms with Gasteiger partial charge >= 0.3 is 24.0 Å². The first kappa shape index (κ1) is 31.7. The van der Waals surface area contributed by atoms with E-state index in [-0.39, 0.29) is 48.4 Å². The summed E-state index contributed by atoms with van der Waals surface area (Å²) in [5.74, 6) is -2.66. The van der Waals surface area contributed by atoms with Crippen LogP contribution in [0.4, 0.5) is 35.1 Å². The van der Waals surface area contributed by atoms with Crippen LogP contribution in [0.3, 0.4) is 0 Å². The van der Waals surface area contributed by atoms with E-state index in [2.05, 4.69) is 0 Å². The number of aromatic carboxylic acids is 1. The number of carboxylic acid groups (broad SMARTS) is 1. The van der Waals surface area contributed by atoms with E-state index in [0.717, 1.165) is 36.4 Å². The van der Waals surface area contributed by atoms with E-state index in [1.807, 2.05) is 0 Å². The van der Waals surface area contributed by atoms with Gasteiger partial charge in [-0.1, -0.05) is 24.3 Å². The average Bonchev–Trinajstić information content (AvgIpc) is 3.32. The van der Waals surface area contributed by atoms with Crippen LogP contribution in [0.15, 0.2) is 65.6 Å². The molecule has 2 aliphatic rings. The summed E-state index contributed by atoms with van der Waals surface area (Å²) < 4.78 is 137. The highest BCUT2D eigenvalue weighted by Gasteiger charge is 2.73. The van der Waals surface area contributed by atoms with Gasteiger partial charge < -0.3 is 10.2 Å². The number of benzene rings is 3. The highest BCUT2D eigenvalue weighted by atomic mass is 32.2. The molecule has 1 fully saturated rings. The number of aromatic hydroxyl groups is 1. The quantitative estimate of drug-likeness (QED) is 0.237. The number of aryl methyl sites for hydroxylation is 1. The summed E-state index contributed by atoms with van der Waals surface area (Å²) in [5, 5.41) is 19.2. The van der Waals surface area contributed by atoms with Gasteiger partial charge in [-0.25, -0.2) is 22.0 Å². The fraction of sp³-hybridized carbons (Fsp3) is 0.345. The summed E-state index contributed by atoms with van der Waals surface area (Å²) in [6.07, 6.45) is -13.2. The SMILES string of the molecule is O=C(O)c1cc(CN2CC[C@@]3(S(=O)(=O)c4ccc(F)cc4)c4ccc(C(F)(C(F)(F)F)C(F)(F)F)cc4CC[C@@H]23)ccc1O. The summed E-state index contributed by atoms with van der Waals surface area (Å²) in [5.41, 5.74) is -7.78. The molecule has 0 spiro atoms. The Morgan fingerprint density at radius 3 is 2.16 bits per heavy atom. The van der Waals surface area contributed by atoms with Crippen LogP contribution < -0.4 is 0 Å². The van der Waals surface area contributed by atoms with Crippen molar-refractivity contribution in [1.29, 1.82) is 0 Å². The molecule has 5 rings (SSSR count). The molecule has 3 aromatic carbocycles. The van der Waals surface area contributed by atoms with Crippen molar-refractivity contribution in [3.8, 4) is 5.75 Å². The number of carbonyl (C=O) groups is 1. The number of fused-ring (bicyclic) bond motifs is 3. The third-order valence-corrected chi connectivity index (χ3v) is 11.0. The van der Waals surface area contributed by atoms with Gasteiger partial charge in [0, 0.05) is 24.7 Å². The smallest absolute Gasteiger partial charge is 0.435 e. The van der Waals surface area contributed by atoms with Crippen molar-refractivity contribution in [2.24, 2.45) is 0 Å². The minimum Gasteiger partial charge on any atom is -0.507 e. The van der Waals surface area contributed by atoms with E-state index in [1.165, 1.54) is 12.1 Å². The first-order valence-electron chi connectivity index (χ1n) is 13.1. The number of rotatable bonds is 6. The maximum atomic E-state index is 15.0. The first-order valence-corrected chi connectivity index (χ1v) is 14.6. The molecule has 6 nitrogen and oxygen atoms in total. The van der Waals surface area contributed by atoms with Gasteiger partial charge in [0.15, 0.2) is 9.84 Å². The van der Waals surface area contributed by atoms with Crippen LogP contribution in [-0.2, 0) is 33.2 Å². The number of carboxylic acids is 1. The van der Waals surface area contributed by atoms with Crippen LogP contribution in [0.1, 0.15) is 45.5 Å². The van der Waals surface area contributed by atoms with Gasteiger partial charge in [0.1, 0.15) is 21.9 Å². The zero-order valence-corrected chi connectivity index (χ0v) is 23.2. The van der Waals surface area contributed by atoms with E-state index in [4.69, 9.17) is 0 Å². The van der Waals surface area contributed by atoms with Crippen molar-refractivity contribution >= 4 is 15.8 Å². The number of phenols is 1. The summed E-state index contributed by atoms with van der Waals surface area (Å²) >= 11 is 0. The van der Waals surface area contributed by atoms with Crippen molar-refractivity contribution in [1.82, 2.24) is 4.90 Å². The average molecular weight is 650 g/mol. The normalized spacial score (nSPS) is 21.1. The monoisotopic (exact) mass is 649 g/mol. The van der Waals surface area contributed by atoms with Gasteiger partial charge in [-0.15, -0.1) is 0 Å². The number of halogens is 8. The first-order chi connectivity index (χ1) is 20.3. The van der Waals surface area contributed by atoms with Gasteiger partial charge in [-0.2, -0.15) is 26.3 Å². The zero-order chi connectivity index (χ0) is 32.5. The molecule has 1 heterocycles. The highest BCUT2D eigenvalue weighted by Crippen LogP contribution is 2.56. The standard InChI is InChI=1S/C29H23F8NO5S/c30-19-4-6-20(7-5-19)44(42,43)26-11-12-38(15-16-1-9-23(39)21(13-16)25(40)41)24(26)10-2-17-14-18(3-8-22(17)26)27(31,28(32,33)34)29(35,36)37/h1,3-9,13-14,24,39H,2,10-12,15H2,(H,40,41)/t24-,26-/m1/s1. The van der Waals surface area contributed by atoms with E-state index in [0.29, 0.717) is 17.7 Å². The molecule has 1 aliphatic carbocycles. The maximum absolute atomic E-state index is 15.0. The molecule has 2 N–H and O–H groups in total. The van der Waals surface area contributed by atoms with Gasteiger partial charge in [-0.3, -0.25) is 4.90 Å². The summed E-state index contributed by atoms with van der Waals surface area (Å²) in [4.78, 5) is 12.9. The van der Waals surface area contributed by atoms with Crippen molar-refractivity contribution < 1.29 is 58.5 Å². The predicted molar refractivity (Wildman–Crippen MR) is 139 cm³/mol. The molecule has 44 heavy (non-hydrogen) atoms. The predicted octanol–water partition coefficient (Wildman–Crippen LogP) is 6.41. The van der Waals surface area contributed by atoms with Crippen LogP contribution in [0, 0.1) is 5.82 Å². The number of nitrogens with zero attached hydrogens (tertiary/aromatic N) is 1. The van der Waals surface area contributed by atoms with E-state index < -0.39 is 67.3 Å². The molecule has 0 bridgehead atoms. The lowest BCUT2D eigenvalue weighted by molar-refractivity contribution is -0.348. The molecule has 2 atom stereocenters. The summed E-state index contributed by atoms with van der Waals surface area (Å²) in [6, 6.07) is 8.15. The zero-order valence-electron chi connectivity index (χ0n) is 22.4. The Balaban J connectivity index is 1.66. The van der Waals surface area contributed by atoms with Gasteiger partial charge in [0.2, 0.25) is 0 Å². The topological polar surface area (TPSA) is 94.9 Å². The van der Waals surface area contributed by atoms with Crippen LogP contribution in [-0.4, -0.2) is 54.4 Å².